The van der Waals surface area contributed by atoms with Crippen LogP contribution in [0.5, 0.6) is 0 Å². The number of ether oxygens (including phenoxy) is 1. The van der Waals surface area contributed by atoms with Gasteiger partial charge in [0.05, 0.1) is 24.6 Å². The summed E-state index contributed by atoms with van der Waals surface area (Å²) >= 11 is 0. The fraction of sp³-hybridized carbons (Fsp3) is 0.0625. The normalized spacial score (nSPS) is 10.7. The Balaban J connectivity index is 2.64. The number of rotatable bonds is 1. The number of anilines is 1. The zero-order valence-corrected chi connectivity index (χ0v) is 11.3. The molecular weight excluding hydrogens is 268 g/mol. The standard InChI is InChI=1S/C16H12N2O3/c1-21-16(20)13-6-9-4-2-3-5-11(9)15(19)14-12(13)7-10(17)8-18-14/h2-8H,17H2,1H3. The molecule has 21 heavy (non-hydrogen) atoms. The Morgan fingerprint density at radius 1 is 1.19 bits per heavy atom. The maximum absolute atomic E-state index is 12.6. The van der Waals surface area contributed by atoms with Crippen LogP contribution in [0.4, 0.5) is 5.69 Å². The highest BCUT2D eigenvalue weighted by molar-refractivity contribution is 6.07. The van der Waals surface area contributed by atoms with E-state index in [0.29, 0.717) is 21.8 Å². The minimum atomic E-state index is -0.534. The van der Waals surface area contributed by atoms with Gasteiger partial charge in [-0.25, -0.2) is 9.78 Å². The summed E-state index contributed by atoms with van der Waals surface area (Å²) in [5, 5.41) is 1.54. The molecule has 0 aliphatic carbocycles. The van der Waals surface area contributed by atoms with Crippen LogP contribution in [0.25, 0.3) is 21.7 Å². The molecule has 0 atom stereocenters. The summed E-state index contributed by atoms with van der Waals surface area (Å²) in [7, 11) is 1.29. The second-order valence-electron chi connectivity index (χ2n) is 4.63. The molecule has 2 aromatic carbocycles. The van der Waals surface area contributed by atoms with Gasteiger partial charge in [-0.3, -0.25) is 4.79 Å². The number of fused-ring (bicyclic) bond motifs is 2. The van der Waals surface area contributed by atoms with Gasteiger partial charge in [0.15, 0.2) is 0 Å². The van der Waals surface area contributed by atoms with E-state index in [1.54, 1.807) is 36.4 Å². The minimum Gasteiger partial charge on any atom is -0.465 e. The molecule has 0 unspecified atom stereocenters. The minimum absolute atomic E-state index is 0.200. The third kappa shape index (κ3) is 2.08. The van der Waals surface area contributed by atoms with E-state index >= 15 is 0 Å². The fourth-order valence-corrected chi connectivity index (χ4v) is 2.34. The highest BCUT2D eigenvalue weighted by Gasteiger charge is 2.14. The van der Waals surface area contributed by atoms with E-state index in [1.807, 2.05) is 0 Å². The molecule has 3 rings (SSSR count). The molecule has 0 aliphatic rings. The second-order valence-corrected chi connectivity index (χ2v) is 4.63. The molecule has 0 aliphatic heterocycles. The highest BCUT2D eigenvalue weighted by Crippen LogP contribution is 2.21. The average Bonchev–Trinajstić information content (AvgIpc) is 2.62. The number of nitrogens with two attached hydrogens (primary N) is 1. The Bertz CT molecular complexity index is 935. The number of carbonyl (C=O) groups excluding carboxylic acids is 1. The monoisotopic (exact) mass is 280 g/mol. The number of hydrogen-bond acceptors (Lipinski definition) is 5. The maximum Gasteiger partial charge on any atom is 0.338 e. The lowest BCUT2D eigenvalue weighted by Crippen LogP contribution is -2.04. The lowest BCUT2D eigenvalue weighted by atomic mass is 10.1. The van der Waals surface area contributed by atoms with Crippen LogP contribution in [0.2, 0.25) is 0 Å². The Kier molecular flexibility index (Phi) is 3.02. The van der Waals surface area contributed by atoms with E-state index < -0.39 is 5.97 Å². The van der Waals surface area contributed by atoms with Gasteiger partial charge in [0.1, 0.15) is 5.52 Å². The number of nitrogen functional groups attached to an aromatic ring is 1. The predicted molar refractivity (Wildman–Crippen MR) is 81.3 cm³/mol. The van der Waals surface area contributed by atoms with E-state index in [0.717, 1.165) is 0 Å². The molecule has 0 saturated carbocycles. The van der Waals surface area contributed by atoms with Crippen molar-refractivity contribution in [3.63, 3.8) is 0 Å². The Morgan fingerprint density at radius 3 is 2.71 bits per heavy atom. The highest BCUT2D eigenvalue weighted by atomic mass is 16.5. The number of methoxy groups -OCH3 is 1. The zero-order chi connectivity index (χ0) is 15.0. The van der Waals surface area contributed by atoms with E-state index in [4.69, 9.17) is 10.5 Å². The molecule has 0 bridgehead atoms. The molecule has 0 spiro atoms. The van der Waals surface area contributed by atoms with Crippen LogP contribution < -0.4 is 11.2 Å². The number of aromatic nitrogens is 1. The van der Waals surface area contributed by atoms with Gasteiger partial charge in [0, 0.05) is 10.8 Å². The van der Waals surface area contributed by atoms with E-state index in [2.05, 4.69) is 4.98 Å². The number of nitrogens with zero attached hydrogens (tertiary/aromatic N) is 1. The molecule has 0 amide bonds. The van der Waals surface area contributed by atoms with E-state index in [9.17, 15) is 9.59 Å². The number of esters is 1. The van der Waals surface area contributed by atoms with Gasteiger partial charge in [0.2, 0.25) is 5.43 Å². The lowest BCUT2D eigenvalue weighted by molar-refractivity contribution is 0.0603. The summed E-state index contributed by atoms with van der Waals surface area (Å²) < 4.78 is 4.81. The van der Waals surface area contributed by atoms with Crippen LogP contribution in [0.15, 0.2) is 47.4 Å². The predicted octanol–water partition coefficient (Wildman–Crippen LogP) is 2.12. The maximum atomic E-state index is 12.6. The summed E-state index contributed by atoms with van der Waals surface area (Å²) in [4.78, 5) is 28.7. The SMILES string of the molecule is COC(=O)c1cc2ccccc2c(=O)c2ncc(N)cc12. The van der Waals surface area contributed by atoms with E-state index in [-0.39, 0.29) is 16.5 Å². The molecule has 0 fully saturated rings. The molecule has 104 valence electrons. The quantitative estimate of drug-likeness (QED) is 0.690. The molecule has 5 nitrogen and oxygen atoms in total. The second kappa shape index (κ2) is 4.86. The number of pyridine rings is 1. The van der Waals surface area contributed by atoms with Gasteiger partial charge in [-0.15, -0.1) is 0 Å². The molecule has 0 saturated heterocycles. The first-order chi connectivity index (χ1) is 10.1. The van der Waals surface area contributed by atoms with Crippen molar-refractivity contribution in [1.29, 1.82) is 0 Å². The molecule has 1 heterocycles. The van der Waals surface area contributed by atoms with Crippen molar-refractivity contribution in [3.05, 3.63) is 58.4 Å². The molecule has 2 N–H and O–H groups in total. The molecule has 5 heteroatoms. The summed E-state index contributed by atoms with van der Waals surface area (Å²) in [6.07, 6.45) is 1.40. The third-order valence-corrected chi connectivity index (χ3v) is 3.32. The van der Waals surface area contributed by atoms with Crippen molar-refractivity contribution in [3.8, 4) is 0 Å². The van der Waals surface area contributed by atoms with Gasteiger partial charge >= 0.3 is 5.97 Å². The zero-order valence-electron chi connectivity index (χ0n) is 11.3. The van der Waals surface area contributed by atoms with Gasteiger partial charge in [0.25, 0.3) is 0 Å². The average molecular weight is 280 g/mol. The number of benzene rings is 1. The Labute approximate surface area is 120 Å². The summed E-state index contributed by atoms with van der Waals surface area (Å²) in [6, 6.07) is 10.2. The van der Waals surface area contributed by atoms with Gasteiger partial charge in [-0.2, -0.15) is 0 Å². The van der Waals surface area contributed by atoms with E-state index in [1.165, 1.54) is 13.3 Å². The van der Waals surface area contributed by atoms with Crippen molar-refractivity contribution in [2.75, 3.05) is 12.8 Å². The smallest absolute Gasteiger partial charge is 0.338 e. The van der Waals surface area contributed by atoms with Crippen molar-refractivity contribution >= 4 is 33.3 Å². The Hall–Kier alpha value is -2.95. The summed E-state index contributed by atoms with van der Waals surface area (Å²) in [5.74, 6) is -0.534. The van der Waals surface area contributed by atoms with Gasteiger partial charge < -0.3 is 10.5 Å². The van der Waals surface area contributed by atoms with Crippen molar-refractivity contribution in [2.45, 2.75) is 0 Å². The number of hydrogen-bond donors (Lipinski definition) is 1. The van der Waals surface area contributed by atoms with Crippen LogP contribution in [0.1, 0.15) is 10.4 Å². The van der Waals surface area contributed by atoms with Gasteiger partial charge in [-0.05, 0) is 17.5 Å². The third-order valence-electron chi connectivity index (χ3n) is 3.32. The fourth-order valence-electron chi connectivity index (χ4n) is 2.34. The Morgan fingerprint density at radius 2 is 1.95 bits per heavy atom. The van der Waals surface area contributed by atoms with Crippen molar-refractivity contribution < 1.29 is 9.53 Å². The van der Waals surface area contributed by atoms with Crippen LogP contribution in [0, 0.1) is 0 Å². The molecule has 0 radical (unpaired) electrons. The first-order valence-corrected chi connectivity index (χ1v) is 6.31. The summed E-state index contributed by atoms with van der Waals surface area (Å²) in [5.41, 5.74) is 6.34. The molecule has 3 aromatic rings. The van der Waals surface area contributed by atoms with Crippen LogP contribution >= 0.6 is 0 Å². The van der Waals surface area contributed by atoms with Crippen LogP contribution in [-0.4, -0.2) is 18.1 Å². The largest absolute Gasteiger partial charge is 0.465 e. The van der Waals surface area contributed by atoms with Crippen LogP contribution in [-0.2, 0) is 4.74 Å². The van der Waals surface area contributed by atoms with Crippen molar-refractivity contribution in [1.82, 2.24) is 4.98 Å². The number of carbonyl (C=O) groups is 1. The first kappa shape index (κ1) is 13.1. The van der Waals surface area contributed by atoms with Gasteiger partial charge in [-0.1, -0.05) is 24.3 Å². The van der Waals surface area contributed by atoms with Crippen LogP contribution in [0.3, 0.4) is 0 Å². The topological polar surface area (TPSA) is 82.3 Å². The molecule has 1 aromatic heterocycles. The summed E-state index contributed by atoms with van der Waals surface area (Å²) in [6.45, 7) is 0. The lowest BCUT2D eigenvalue weighted by Gasteiger charge is -2.01. The molecular formula is C16H12N2O3. The first-order valence-electron chi connectivity index (χ1n) is 6.31. The van der Waals surface area contributed by atoms with Crippen molar-refractivity contribution in [2.24, 2.45) is 0 Å².